The summed E-state index contributed by atoms with van der Waals surface area (Å²) in [4.78, 5) is 33.0. The molecular weight excluding hydrogens is 429 g/mol. The van der Waals surface area contributed by atoms with E-state index < -0.39 is 11.2 Å². The highest BCUT2D eigenvalue weighted by molar-refractivity contribution is 6.42. The Morgan fingerprint density at radius 1 is 1.07 bits per heavy atom. The van der Waals surface area contributed by atoms with E-state index >= 15 is 0 Å². The molecule has 3 heterocycles. The van der Waals surface area contributed by atoms with Crippen LogP contribution in [0.5, 0.6) is 0 Å². The van der Waals surface area contributed by atoms with Crippen molar-refractivity contribution in [3.05, 3.63) is 54.6 Å². The zero-order valence-electron chi connectivity index (χ0n) is 17.2. The Labute approximate surface area is 183 Å². The van der Waals surface area contributed by atoms with Crippen molar-refractivity contribution in [2.75, 3.05) is 18.0 Å². The Morgan fingerprint density at radius 3 is 2.37 bits per heavy atom. The monoisotopic (exact) mass is 451 g/mol. The van der Waals surface area contributed by atoms with E-state index in [0.717, 1.165) is 0 Å². The Morgan fingerprint density at radius 2 is 1.73 bits per heavy atom. The molecule has 0 N–H and O–H groups in total. The molecule has 0 aliphatic carbocycles. The molecule has 0 amide bonds. The third-order valence-corrected chi connectivity index (χ3v) is 6.10. The van der Waals surface area contributed by atoms with E-state index in [2.05, 4.69) is 9.88 Å². The molecule has 1 saturated heterocycles. The minimum Gasteiger partial charge on any atom is -0.372 e. The molecule has 0 spiro atoms. The second-order valence-electron chi connectivity index (χ2n) is 7.79. The highest BCUT2D eigenvalue weighted by Crippen LogP contribution is 2.24. The van der Waals surface area contributed by atoms with Gasteiger partial charge in [-0.3, -0.25) is 13.9 Å². The van der Waals surface area contributed by atoms with Crippen LogP contribution in [0.4, 0.5) is 5.95 Å². The number of halogens is 2. The Bertz CT molecular complexity index is 1240. The minimum absolute atomic E-state index is 0.0451. The first kappa shape index (κ1) is 21.0. The Kier molecular flexibility index (Phi) is 5.42. The summed E-state index contributed by atoms with van der Waals surface area (Å²) in [5.74, 6) is 0.645. The van der Waals surface area contributed by atoms with Crippen molar-refractivity contribution in [1.29, 1.82) is 0 Å². The maximum absolute atomic E-state index is 13.3. The van der Waals surface area contributed by atoms with E-state index in [1.54, 1.807) is 36.9 Å². The van der Waals surface area contributed by atoms with Gasteiger partial charge < -0.3 is 14.2 Å². The van der Waals surface area contributed by atoms with Gasteiger partial charge in [0.15, 0.2) is 11.2 Å². The summed E-state index contributed by atoms with van der Waals surface area (Å²) < 4.78 is 10.2. The molecule has 2 atom stereocenters. The molecule has 3 aromatic rings. The van der Waals surface area contributed by atoms with Crippen molar-refractivity contribution in [1.82, 2.24) is 18.7 Å². The number of anilines is 1. The fourth-order valence-corrected chi connectivity index (χ4v) is 4.34. The molecule has 2 aromatic heterocycles. The third kappa shape index (κ3) is 3.53. The fourth-order valence-electron chi connectivity index (χ4n) is 4.02. The van der Waals surface area contributed by atoms with Crippen LogP contribution in [0.15, 0.2) is 27.8 Å². The second-order valence-corrected chi connectivity index (χ2v) is 8.60. The van der Waals surface area contributed by atoms with Gasteiger partial charge in [0.1, 0.15) is 0 Å². The standard InChI is InChI=1S/C20H23Cl2N5O3/c1-11-8-26(9-12(2)30-11)19-23-17-16(24(19)3)18(28)27(20(29)25(17)4)10-13-5-6-14(21)15(22)7-13/h5-7,11-12H,8-10H2,1-4H3/t11-,12-/m1/s1. The molecule has 160 valence electrons. The number of morpholine rings is 1. The molecule has 1 aliphatic rings. The van der Waals surface area contributed by atoms with Gasteiger partial charge in [-0.1, -0.05) is 29.3 Å². The van der Waals surface area contributed by atoms with Crippen molar-refractivity contribution >= 4 is 40.3 Å². The van der Waals surface area contributed by atoms with Crippen LogP contribution in [0.2, 0.25) is 10.0 Å². The van der Waals surface area contributed by atoms with Crippen molar-refractivity contribution in [2.24, 2.45) is 14.1 Å². The van der Waals surface area contributed by atoms with Gasteiger partial charge in [-0.25, -0.2) is 4.79 Å². The van der Waals surface area contributed by atoms with E-state index in [1.165, 1.54) is 9.13 Å². The van der Waals surface area contributed by atoms with E-state index in [-0.39, 0.29) is 18.8 Å². The molecule has 30 heavy (non-hydrogen) atoms. The maximum Gasteiger partial charge on any atom is 0.332 e. The number of aromatic nitrogens is 4. The number of ether oxygens (including phenoxy) is 1. The van der Waals surface area contributed by atoms with Crippen LogP contribution in [0.25, 0.3) is 11.2 Å². The van der Waals surface area contributed by atoms with Crippen molar-refractivity contribution in [3.8, 4) is 0 Å². The Balaban J connectivity index is 1.84. The van der Waals surface area contributed by atoms with Crippen LogP contribution in [0, 0.1) is 0 Å². The predicted octanol–water partition coefficient (Wildman–Crippen LogP) is 2.40. The zero-order valence-corrected chi connectivity index (χ0v) is 18.7. The lowest BCUT2D eigenvalue weighted by Gasteiger charge is -2.35. The van der Waals surface area contributed by atoms with Gasteiger partial charge >= 0.3 is 5.69 Å². The highest BCUT2D eigenvalue weighted by Gasteiger charge is 2.27. The van der Waals surface area contributed by atoms with Crippen molar-refractivity contribution < 1.29 is 4.74 Å². The molecule has 10 heteroatoms. The number of fused-ring (bicyclic) bond motifs is 1. The van der Waals surface area contributed by atoms with Crippen LogP contribution >= 0.6 is 23.2 Å². The number of aryl methyl sites for hydroxylation is 2. The SMILES string of the molecule is C[C@@H]1CN(c2nc3c(c(=O)n(Cc4ccc(Cl)c(Cl)c4)c(=O)n3C)n2C)C[C@@H](C)O1. The topological polar surface area (TPSA) is 74.3 Å². The smallest absolute Gasteiger partial charge is 0.332 e. The number of hydrogen-bond acceptors (Lipinski definition) is 5. The molecule has 0 radical (unpaired) electrons. The number of rotatable bonds is 3. The quantitative estimate of drug-likeness (QED) is 0.610. The van der Waals surface area contributed by atoms with Gasteiger partial charge in [0, 0.05) is 27.2 Å². The van der Waals surface area contributed by atoms with Gasteiger partial charge in [0.05, 0.1) is 28.8 Å². The van der Waals surface area contributed by atoms with Crippen molar-refractivity contribution in [2.45, 2.75) is 32.6 Å². The summed E-state index contributed by atoms with van der Waals surface area (Å²) >= 11 is 12.1. The highest BCUT2D eigenvalue weighted by atomic mass is 35.5. The van der Waals surface area contributed by atoms with Crippen LogP contribution in [-0.2, 0) is 25.4 Å². The number of nitrogens with zero attached hydrogens (tertiary/aromatic N) is 5. The van der Waals surface area contributed by atoms with Gasteiger partial charge in [0.25, 0.3) is 5.56 Å². The summed E-state index contributed by atoms with van der Waals surface area (Å²) in [6.45, 7) is 5.42. The minimum atomic E-state index is -0.438. The van der Waals surface area contributed by atoms with Gasteiger partial charge in [-0.05, 0) is 31.5 Å². The normalized spacial score (nSPS) is 19.6. The van der Waals surface area contributed by atoms with Crippen LogP contribution < -0.4 is 16.1 Å². The third-order valence-electron chi connectivity index (χ3n) is 5.36. The first-order chi connectivity index (χ1) is 14.2. The molecule has 4 rings (SSSR count). The molecule has 1 aliphatic heterocycles. The lowest BCUT2D eigenvalue weighted by Crippen LogP contribution is -2.46. The van der Waals surface area contributed by atoms with E-state index in [0.29, 0.717) is 45.8 Å². The van der Waals surface area contributed by atoms with E-state index in [4.69, 9.17) is 27.9 Å². The van der Waals surface area contributed by atoms with Gasteiger partial charge in [-0.15, -0.1) is 0 Å². The van der Waals surface area contributed by atoms with E-state index in [1.807, 2.05) is 13.8 Å². The molecule has 0 bridgehead atoms. The lowest BCUT2D eigenvalue weighted by atomic mass is 10.2. The number of benzene rings is 1. The average Bonchev–Trinajstić information content (AvgIpc) is 3.03. The van der Waals surface area contributed by atoms with Crippen LogP contribution in [0.3, 0.4) is 0 Å². The van der Waals surface area contributed by atoms with Gasteiger partial charge in [0.2, 0.25) is 5.95 Å². The average molecular weight is 452 g/mol. The summed E-state index contributed by atoms with van der Waals surface area (Å²) in [5, 5.41) is 0.792. The van der Waals surface area contributed by atoms with Crippen LogP contribution in [-0.4, -0.2) is 44.0 Å². The number of hydrogen-bond donors (Lipinski definition) is 0. The molecular formula is C20H23Cl2N5O3. The lowest BCUT2D eigenvalue weighted by molar-refractivity contribution is -0.00583. The molecule has 1 fully saturated rings. The Hall–Kier alpha value is -2.29. The van der Waals surface area contributed by atoms with Gasteiger partial charge in [-0.2, -0.15) is 4.98 Å². The largest absolute Gasteiger partial charge is 0.372 e. The first-order valence-electron chi connectivity index (χ1n) is 9.68. The van der Waals surface area contributed by atoms with Crippen molar-refractivity contribution in [3.63, 3.8) is 0 Å². The first-order valence-corrected chi connectivity index (χ1v) is 10.4. The summed E-state index contributed by atoms with van der Waals surface area (Å²) in [5.41, 5.74) is 0.613. The summed E-state index contributed by atoms with van der Waals surface area (Å²) in [6.07, 6.45) is 0.0902. The summed E-state index contributed by atoms with van der Waals surface area (Å²) in [7, 11) is 3.42. The van der Waals surface area contributed by atoms with Crippen LogP contribution in [0.1, 0.15) is 19.4 Å². The zero-order chi connectivity index (χ0) is 21.7. The molecule has 0 saturated carbocycles. The van der Waals surface area contributed by atoms with E-state index in [9.17, 15) is 9.59 Å². The fraction of sp³-hybridized carbons (Fsp3) is 0.450. The maximum atomic E-state index is 13.3. The second kappa shape index (κ2) is 7.76. The molecule has 8 nitrogen and oxygen atoms in total. The number of imidazole rings is 1. The molecule has 1 aromatic carbocycles. The predicted molar refractivity (Wildman–Crippen MR) is 118 cm³/mol. The molecule has 0 unspecified atom stereocenters. The summed E-state index contributed by atoms with van der Waals surface area (Å²) in [6, 6.07) is 5.05.